The van der Waals surface area contributed by atoms with Gasteiger partial charge in [0, 0.05) is 24.8 Å². The second-order valence-electron chi connectivity index (χ2n) is 4.70. The quantitative estimate of drug-likeness (QED) is 0.306. The molecule has 5 heteroatoms. The Morgan fingerprint density at radius 3 is 2.12 bits per heavy atom. The smallest absolute Gasteiger partial charge is 0.0861 e. The average molecular weight is 265 g/mol. The molecule has 104 valence electrons. The number of rotatable bonds is 9. The highest BCUT2D eigenvalue weighted by atomic mass is 32.1. The summed E-state index contributed by atoms with van der Waals surface area (Å²) in [6, 6.07) is 0. The van der Waals surface area contributed by atoms with Crippen LogP contribution in [0.1, 0.15) is 27.2 Å². The fraction of sp³-hybridized carbons (Fsp3) is 1.00. The van der Waals surface area contributed by atoms with E-state index in [-0.39, 0.29) is 11.8 Å². The van der Waals surface area contributed by atoms with Crippen molar-refractivity contribution >= 4 is 12.6 Å². The molecule has 0 amide bonds. The number of aliphatic hydroxyl groups excluding tert-OH is 3. The minimum atomic E-state index is -0.911. The number of hydrogen-bond acceptors (Lipinski definition) is 5. The first-order valence-corrected chi connectivity index (χ1v) is 6.94. The van der Waals surface area contributed by atoms with Crippen molar-refractivity contribution in [3.63, 3.8) is 0 Å². The summed E-state index contributed by atoms with van der Waals surface area (Å²) in [7, 11) is 0. The van der Waals surface area contributed by atoms with E-state index in [1.54, 1.807) is 6.92 Å². The van der Waals surface area contributed by atoms with E-state index < -0.39 is 18.3 Å². The van der Waals surface area contributed by atoms with Crippen molar-refractivity contribution in [2.75, 3.05) is 18.8 Å². The van der Waals surface area contributed by atoms with Crippen LogP contribution in [0.5, 0.6) is 0 Å². The topological polar surface area (TPSA) is 72.7 Å². The summed E-state index contributed by atoms with van der Waals surface area (Å²) >= 11 is 4.09. The second kappa shape index (κ2) is 9.16. The molecule has 2 unspecified atom stereocenters. The van der Waals surface area contributed by atoms with E-state index in [4.69, 9.17) is 0 Å². The van der Waals surface area contributed by atoms with Gasteiger partial charge in [0.2, 0.25) is 0 Å². The molecule has 0 aliphatic rings. The lowest BCUT2D eigenvalue weighted by molar-refractivity contribution is -0.0646. The van der Waals surface area contributed by atoms with Crippen LogP contribution >= 0.6 is 12.6 Å². The van der Waals surface area contributed by atoms with Crippen LogP contribution in [0.25, 0.3) is 0 Å². The molecule has 0 heterocycles. The van der Waals surface area contributed by atoms with E-state index in [1.165, 1.54) is 0 Å². The third kappa shape index (κ3) is 6.06. The highest BCUT2D eigenvalue weighted by Gasteiger charge is 2.32. The molecule has 5 atom stereocenters. The van der Waals surface area contributed by atoms with Crippen molar-refractivity contribution in [3.8, 4) is 0 Å². The lowest BCUT2D eigenvalue weighted by Crippen LogP contribution is -2.46. The maximum absolute atomic E-state index is 10.2. The van der Waals surface area contributed by atoms with Gasteiger partial charge in [0.05, 0.1) is 18.3 Å². The Morgan fingerprint density at radius 2 is 1.71 bits per heavy atom. The predicted octanol–water partition coefficient (Wildman–Crippen LogP) is 0.271. The Bertz CT molecular complexity index is 193. The van der Waals surface area contributed by atoms with Gasteiger partial charge in [-0.1, -0.05) is 20.3 Å². The SMILES string of the molecule is CCC(C)[C@H](O)C(CNCCS)[C@@H](O)[C@@H](C)O. The summed E-state index contributed by atoms with van der Waals surface area (Å²) in [5.74, 6) is 0.452. The van der Waals surface area contributed by atoms with Gasteiger partial charge < -0.3 is 20.6 Å². The van der Waals surface area contributed by atoms with Gasteiger partial charge in [0.15, 0.2) is 0 Å². The minimum absolute atomic E-state index is 0.103. The van der Waals surface area contributed by atoms with Gasteiger partial charge in [0.1, 0.15) is 0 Å². The Labute approximate surface area is 110 Å². The van der Waals surface area contributed by atoms with Crippen LogP contribution in [0.2, 0.25) is 0 Å². The molecule has 4 nitrogen and oxygen atoms in total. The molecule has 0 aliphatic carbocycles. The van der Waals surface area contributed by atoms with Crippen LogP contribution in [0.3, 0.4) is 0 Å². The Balaban J connectivity index is 4.48. The minimum Gasteiger partial charge on any atom is -0.392 e. The maximum atomic E-state index is 10.2. The summed E-state index contributed by atoms with van der Waals surface area (Å²) in [6.45, 7) is 6.70. The molecule has 0 saturated carbocycles. The highest BCUT2D eigenvalue weighted by Crippen LogP contribution is 2.20. The van der Waals surface area contributed by atoms with Crippen LogP contribution in [0, 0.1) is 11.8 Å². The lowest BCUT2D eigenvalue weighted by atomic mass is 9.85. The van der Waals surface area contributed by atoms with Crippen LogP contribution in [0.4, 0.5) is 0 Å². The maximum Gasteiger partial charge on any atom is 0.0861 e. The summed E-state index contributed by atoms with van der Waals surface area (Å²) in [6.07, 6.45) is -1.52. The normalized spacial score (nSPS) is 20.6. The van der Waals surface area contributed by atoms with Crippen LogP contribution in [-0.2, 0) is 0 Å². The molecule has 17 heavy (non-hydrogen) atoms. The van der Waals surface area contributed by atoms with Crippen molar-refractivity contribution < 1.29 is 15.3 Å². The summed E-state index contributed by atoms with van der Waals surface area (Å²) in [5, 5.41) is 32.7. The fourth-order valence-corrected chi connectivity index (χ4v) is 1.97. The second-order valence-corrected chi connectivity index (χ2v) is 5.15. The van der Waals surface area contributed by atoms with Crippen molar-refractivity contribution in [1.82, 2.24) is 5.32 Å². The largest absolute Gasteiger partial charge is 0.392 e. The average Bonchev–Trinajstić information content (AvgIpc) is 2.32. The van der Waals surface area contributed by atoms with E-state index in [0.29, 0.717) is 12.3 Å². The molecule has 0 fully saturated rings. The van der Waals surface area contributed by atoms with Gasteiger partial charge >= 0.3 is 0 Å². The van der Waals surface area contributed by atoms with Gasteiger partial charge in [-0.15, -0.1) is 0 Å². The molecule has 0 bridgehead atoms. The zero-order valence-electron chi connectivity index (χ0n) is 11.0. The summed E-state index contributed by atoms with van der Waals surface area (Å²) < 4.78 is 0. The van der Waals surface area contributed by atoms with Gasteiger partial charge in [0.25, 0.3) is 0 Å². The van der Waals surface area contributed by atoms with E-state index in [1.807, 2.05) is 13.8 Å². The molecule has 0 spiro atoms. The Morgan fingerprint density at radius 1 is 1.12 bits per heavy atom. The molecule has 0 aromatic carbocycles. The van der Waals surface area contributed by atoms with Crippen molar-refractivity contribution in [2.24, 2.45) is 11.8 Å². The van der Waals surface area contributed by atoms with E-state index in [9.17, 15) is 15.3 Å². The van der Waals surface area contributed by atoms with Crippen molar-refractivity contribution in [1.29, 1.82) is 0 Å². The third-order valence-electron chi connectivity index (χ3n) is 3.27. The lowest BCUT2D eigenvalue weighted by Gasteiger charge is -2.32. The van der Waals surface area contributed by atoms with Crippen LogP contribution < -0.4 is 5.32 Å². The summed E-state index contributed by atoms with van der Waals surface area (Å²) in [5.41, 5.74) is 0. The first kappa shape index (κ1) is 17.2. The zero-order chi connectivity index (χ0) is 13.4. The first-order valence-electron chi connectivity index (χ1n) is 6.31. The number of hydrogen-bond donors (Lipinski definition) is 5. The number of aliphatic hydroxyl groups is 3. The predicted molar refractivity (Wildman–Crippen MR) is 73.4 cm³/mol. The number of thiol groups is 1. The molecule has 0 saturated heterocycles. The Kier molecular flexibility index (Phi) is 9.27. The zero-order valence-corrected chi connectivity index (χ0v) is 11.9. The van der Waals surface area contributed by atoms with Gasteiger partial charge in [-0.3, -0.25) is 0 Å². The van der Waals surface area contributed by atoms with Crippen molar-refractivity contribution in [2.45, 2.75) is 45.5 Å². The molecule has 0 aromatic heterocycles. The highest BCUT2D eigenvalue weighted by molar-refractivity contribution is 7.80. The van der Waals surface area contributed by atoms with Gasteiger partial charge in [-0.25, -0.2) is 0 Å². The van der Waals surface area contributed by atoms with Crippen LogP contribution in [-0.4, -0.2) is 52.5 Å². The van der Waals surface area contributed by atoms with Crippen molar-refractivity contribution in [3.05, 3.63) is 0 Å². The standard InChI is InChI=1S/C12H27NO3S/c1-4-8(2)11(15)10(7-13-5-6-17)12(16)9(3)14/h8-17H,4-7H2,1-3H3/t8?,9-,10?,11+,12+/m1/s1. The Hall–Kier alpha value is 0.190. The van der Waals surface area contributed by atoms with Crippen LogP contribution in [0.15, 0.2) is 0 Å². The molecule has 4 N–H and O–H groups in total. The molecule has 0 rings (SSSR count). The van der Waals surface area contributed by atoms with E-state index >= 15 is 0 Å². The monoisotopic (exact) mass is 265 g/mol. The molecule has 0 radical (unpaired) electrons. The third-order valence-corrected chi connectivity index (χ3v) is 3.49. The van der Waals surface area contributed by atoms with Gasteiger partial charge in [-0.2, -0.15) is 12.6 Å². The molecular weight excluding hydrogens is 238 g/mol. The number of nitrogens with one attached hydrogen (secondary N) is 1. The molecule has 0 aliphatic heterocycles. The van der Waals surface area contributed by atoms with E-state index in [2.05, 4.69) is 17.9 Å². The summed E-state index contributed by atoms with van der Waals surface area (Å²) in [4.78, 5) is 0. The molecule has 0 aromatic rings. The first-order chi connectivity index (χ1) is 7.95. The van der Waals surface area contributed by atoms with Gasteiger partial charge in [-0.05, 0) is 12.8 Å². The molecular formula is C12H27NO3S. The van der Waals surface area contributed by atoms with E-state index in [0.717, 1.165) is 13.0 Å². The fourth-order valence-electron chi connectivity index (χ4n) is 1.81.